The number of esters is 1. The number of carbonyl (C=O) groups excluding carboxylic acids is 1. The highest BCUT2D eigenvalue weighted by Crippen LogP contribution is 2.45. The number of fused-ring (bicyclic) bond motifs is 1. The number of nitriles is 1. The molecule has 1 aliphatic rings. The second kappa shape index (κ2) is 12.0. The van der Waals surface area contributed by atoms with E-state index in [2.05, 4.69) is 6.07 Å². The number of hydrogen-bond acceptors (Lipinski definition) is 7. The second-order valence-electron chi connectivity index (χ2n) is 8.93. The molecular formula is C31H21Cl3N2O5. The van der Waals surface area contributed by atoms with Crippen molar-refractivity contribution in [2.75, 3.05) is 7.11 Å². The first kappa shape index (κ1) is 28.2. The van der Waals surface area contributed by atoms with E-state index in [-0.39, 0.29) is 34.4 Å². The Morgan fingerprint density at radius 1 is 0.976 bits per heavy atom. The molecule has 0 spiro atoms. The number of benzene rings is 4. The number of hydrogen-bond donors (Lipinski definition) is 1. The van der Waals surface area contributed by atoms with Crippen LogP contribution in [0.25, 0.3) is 0 Å². The van der Waals surface area contributed by atoms with Gasteiger partial charge in [0.05, 0.1) is 23.6 Å². The van der Waals surface area contributed by atoms with Crippen LogP contribution in [0.2, 0.25) is 15.1 Å². The Kier molecular flexibility index (Phi) is 8.27. The van der Waals surface area contributed by atoms with Gasteiger partial charge in [-0.2, -0.15) is 5.26 Å². The Hall–Kier alpha value is -4.35. The van der Waals surface area contributed by atoms with Crippen LogP contribution in [0.1, 0.15) is 33.0 Å². The summed E-state index contributed by atoms with van der Waals surface area (Å²) in [5, 5.41) is 11.2. The van der Waals surface area contributed by atoms with Crippen LogP contribution >= 0.6 is 34.8 Å². The number of nitrogens with two attached hydrogens (primary N) is 1. The average Bonchev–Trinajstić information content (AvgIpc) is 2.96. The van der Waals surface area contributed by atoms with E-state index in [1.165, 1.54) is 7.11 Å². The summed E-state index contributed by atoms with van der Waals surface area (Å²) in [6.45, 7) is 0.192. The van der Waals surface area contributed by atoms with E-state index >= 15 is 0 Å². The number of methoxy groups -OCH3 is 1. The Morgan fingerprint density at radius 3 is 2.51 bits per heavy atom. The molecule has 0 fully saturated rings. The van der Waals surface area contributed by atoms with Crippen LogP contribution in [-0.2, 0) is 6.61 Å². The van der Waals surface area contributed by atoms with Crippen LogP contribution in [0.4, 0.5) is 0 Å². The monoisotopic (exact) mass is 606 g/mol. The maximum absolute atomic E-state index is 12.7. The van der Waals surface area contributed by atoms with Gasteiger partial charge in [0.2, 0.25) is 5.88 Å². The molecule has 206 valence electrons. The fraction of sp³-hybridized carbons (Fsp3) is 0.0968. The van der Waals surface area contributed by atoms with Crippen molar-refractivity contribution in [3.05, 3.63) is 128 Å². The molecule has 2 N–H and O–H groups in total. The van der Waals surface area contributed by atoms with Gasteiger partial charge in [-0.3, -0.25) is 0 Å². The van der Waals surface area contributed by atoms with Crippen molar-refractivity contribution in [3.8, 4) is 29.1 Å². The molecule has 7 nitrogen and oxygen atoms in total. The van der Waals surface area contributed by atoms with Gasteiger partial charge in [0, 0.05) is 27.2 Å². The first-order valence-electron chi connectivity index (χ1n) is 12.2. The molecule has 0 aliphatic carbocycles. The van der Waals surface area contributed by atoms with E-state index in [4.69, 9.17) is 59.5 Å². The molecule has 0 bridgehead atoms. The van der Waals surface area contributed by atoms with Crippen molar-refractivity contribution in [3.63, 3.8) is 0 Å². The molecule has 4 aromatic carbocycles. The molecule has 1 unspecified atom stereocenters. The standard InChI is InChI=1S/C31H21Cl3N2O5/c1-38-28-12-17(7-11-26(28)39-16-18-6-8-19(32)13-25(18)34)29-22-10-9-20(14-27(22)41-30(36)23(29)15-35)40-31(37)21-4-2-3-5-24(21)33/h2-14,29H,16,36H2,1H3. The zero-order chi connectivity index (χ0) is 29.1. The summed E-state index contributed by atoms with van der Waals surface area (Å²) in [6.07, 6.45) is 0. The van der Waals surface area contributed by atoms with Crippen molar-refractivity contribution in [1.82, 2.24) is 0 Å². The van der Waals surface area contributed by atoms with E-state index in [1.54, 1.807) is 72.8 Å². The molecule has 5 rings (SSSR count). The average molecular weight is 608 g/mol. The molecule has 1 heterocycles. The lowest BCUT2D eigenvalue weighted by molar-refractivity contribution is 0.0734. The Morgan fingerprint density at radius 2 is 1.78 bits per heavy atom. The third-order valence-corrected chi connectivity index (χ3v) is 7.33. The van der Waals surface area contributed by atoms with E-state index in [0.717, 1.165) is 5.56 Å². The minimum atomic E-state index is -0.621. The summed E-state index contributed by atoms with van der Waals surface area (Å²) in [5.74, 6) is 0.232. The lowest BCUT2D eigenvalue weighted by Crippen LogP contribution is -2.21. The Labute approximate surface area is 251 Å². The molecule has 10 heteroatoms. The highest BCUT2D eigenvalue weighted by atomic mass is 35.5. The summed E-state index contributed by atoms with van der Waals surface area (Å²) in [6, 6.07) is 24.1. The second-order valence-corrected chi connectivity index (χ2v) is 10.2. The van der Waals surface area contributed by atoms with Crippen LogP contribution in [0.15, 0.2) is 90.3 Å². The first-order valence-corrected chi connectivity index (χ1v) is 13.3. The van der Waals surface area contributed by atoms with E-state index in [1.807, 2.05) is 6.07 Å². The molecular weight excluding hydrogens is 587 g/mol. The highest BCUT2D eigenvalue weighted by Gasteiger charge is 2.32. The first-order chi connectivity index (χ1) is 19.8. The summed E-state index contributed by atoms with van der Waals surface area (Å²) >= 11 is 18.4. The number of halogens is 3. The van der Waals surface area contributed by atoms with Gasteiger partial charge in [-0.05, 0) is 48.0 Å². The topological polar surface area (TPSA) is 104 Å². The van der Waals surface area contributed by atoms with Crippen molar-refractivity contribution in [2.24, 2.45) is 5.73 Å². The van der Waals surface area contributed by atoms with Crippen LogP contribution < -0.4 is 24.7 Å². The van der Waals surface area contributed by atoms with Gasteiger partial charge in [0.25, 0.3) is 0 Å². The van der Waals surface area contributed by atoms with Gasteiger partial charge < -0.3 is 24.7 Å². The zero-order valence-electron chi connectivity index (χ0n) is 21.5. The third-order valence-electron chi connectivity index (χ3n) is 6.41. The lowest BCUT2D eigenvalue weighted by atomic mass is 9.83. The minimum absolute atomic E-state index is 0.0590. The van der Waals surface area contributed by atoms with Crippen LogP contribution in [0.5, 0.6) is 23.0 Å². The predicted octanol–water partition coefficient (Wildman–Crippen LogP) is 7.67. The molecule has 0 radical (unpaired) electrons. The molecule has 0 saturated heterocycles. The minimum Gasteiger partial charge on any atom is -0.493 e. The molecule has 0 aromatic heterocycles. The number of ether oxygens (including phenoxy) is 4. The van der Waals surface area contributed by atoms with E-state index in [9.17, 15) is 10.1 Å². The van der Waals surface area contributed by atoms with Gasteiger partial charge in [-0.25, -0.2) is 4.79 Å². The molecule has 1 atom stereocenters. The maximum atomic E-state index is 12.7. The zero-order valence-corrected chi connectivity index (χ0v) is 23.8. The number of rotatable bonds is 7. The van der Waals surface area contributed by atoms with Crippen molar-refractivity contribution in [2.45, 2.75) is 12.5 Å². The number of allylic oxidation sites excluding steroid dienone is 1. The normalized spacial score (nSPS) is 14.0. The quantitative estimate of drug-likeness (QED) is 0.170. The fourth-order valence-electron chi connectivity index (χ4n) is 4.41. The van der Waals surface area contributed by atoms with Gasteiger partial charge in [-0.15, -0.1) is 0 Å². The van der Waals surface area contributed by atoms with Crippen molar-refractivity contribution < 1.29 is 23.7 Å². The van der Waals surface area contributed by atoms with Crippen molar-refractivity contribution >= 4 is 40.8 Å². The van der Waals surface area contributed by atoms with Crippen molar-refractivity contribution in [1.29, 1.82) is 5.26 Å². The smallest absolute Gasteiger partial charge is 0.345 e. The summed E-state index contributed by atoms with van der Waals surface area (Å²) in [7, 11) is 1.52. The highest BCUT2D eigenvalue weighted by molar-refractivity contribution is 6.35. The number of nitrogens with zero attached hydrogens (tertiary/aromatic N) is 1. The van der Waals surface area contributed by atoms with Crippen LogP contribution in [0.3, 0.4) is 0 Å². The summed E-state index contributed by atoms with van der Waals surface area (Å²) < 4.78 is 22.9. The lowest BCUT2D eigenvalue weighted by Gasteiger charge is -2.27. The summed E-state index contributed by atoms with van der Waals surface area (Å²) in [5.41, 5.74) is 8.73. The third kappa shape index (κ3) is 5.91. The molecule has 41 heavy (non-hydrogen) atoms. The Bertz CT molecular complexity index is 1730. The molecule has 0 saturated carbocycles. The molecule has 0 amide bonds. The van der Waals surface area contributed by atoms with Crippen LogP contribution in [-0.4, -0.2) is 13.1 Å². The number of carbonyl (C=O) groups is 1. The van der Waals surface area contributed by atoms with E-state index < -0.39 is 11.9 Å². The molecule has 1 aliphatic heterocycles. The molecule has 4 aromatic rings. The van der Waals surface area contributed by atoms with Gasteiger partial charge >= 0.3 is 5.97 Å². The maximum Gasteiger partial charge on any atom is 0.345 e. The fourth-order valence-corrected chi connectivity index (χ4v) is 5.08. The van der Waals surface area contributed by atoms with Crippen LogP contribution in [0, 0.1) is 11.3 Å². The predicted molar refractivity (Wildman–Crippen MR) is 156 cm³/mol. The van der Waals surface area contributed by atoms with Gasteiger partial charge in [0.15, 0.2) is 11.5 Å². The SMILES string of the molecule is COc1cc(C2C(C#N)=C(N)Oc3cc(OC(=O)c4ccccc4Cl)ccc32)ccc1OCc1ccc(Cl)cc1Cl. The van der Waals surface area contributed by atoms with Gasteiger partial charge in [-0.1, -0.05) is 65.1 Å². The Balaban J connectivity index is 1.44. The van der Waals surface area contributed by atoms with Gasteiger partial charge in [0.1, 0.15) is 29.7 Å². The van der Waals surface area contributed by atoms with E-state index in [0.29, 0.717) is 38.4 Å². The largest absolute Gasteiger partial charge is 0.493 e. The summed E-state index contributed by atoms with van der Waals surface area (Å²) in [4.78, 5) is 12.7.